The number of hydrogen-bond donors (Lipinski definition) is 0. The van der Waals surface area contributed by atoms with Crippen molar-refractivity contribution in [2.24, 2.45) is 0 Å². The Labute approximate surface area is 97.2 Å². The Morgan fingerprint density at radius 1 is 1.38 bits per heavy atom. The van der Waals surface area contributed by atoms with Crippen LogP contribution >= 0.6 is 11.6 Å². The van der Waals surface area contributed by atoms with Crippen molar-refractivity contribution in [3.8, 4) is 0 Å². The molecule has 0 saturated carbocycles. The van der Waals surface area contributed by atoms with Crippen molar-refractivity contribution < 1.29 is 9.53 Å². The molecule has 0 aliphatic carbocycles. The molecule has 0 N–H and O–H groups in total. The van der Waals surface area contributed by atoms with E-state index in [0.717, 1.165) is 5.39 Å². The molecule has 0 saturated heterocycles. The summed E-state index contributed by atoms with van der Waals surface area (Å²) in [6.07, 6.45) is 0. The highest BCUT2D eigenvalue weighted by atomic mass is 35.5. The molecule has 2 aromatic rings. The highest BCUT2D eigenvalue weighted by Gasteiger charge is 2.09. The van der Waals surface area contributed by atoms with Gasteiger partial charge in [0.2, 0.25) is 0 Å². The van der Waals surface area contributed by atoms with Gasteiger partial charge >= 0.3 is 5.97 Å². The number of aromatic nitrogens is 2. The van der Waals surface area contributed by atoms with E-state index in [-0.39, 0.29) is 5.69 Å². The molecule has 4 nitrogen and oxygen atoms in total. The lowest BCUT2D eigenvalue weighted by molar-refractivity contribution is 0.0518. The van der Waals surface area contributed by atoms with Gasteiger partial charge in [0.25, 0.3) is 0 Å². The second-order valence-electron chi connectivity index (χ2n) is 3.15. The Bertz CT molecular complexity index is 542. The maximum atomic E-state index is 11.4. The Balaban J connectivity index is 2.44. The third-order valence-corrected chi connectivity index (χ3v) is 2.27. The summed E-state index contributed by atoms with van der Waals surface area (Å²) in [6.45, 7) is 2.06. The van der Waals surface area contributed by atoms with E-state index in [1.165, 1.54) is 0 Å². The van der Waals surface area contributed by atoms with E-state index in [9.17, 15) is 4.79 Å². The summed E-state index contributed by atoms with van der Waals surface area (Å²) in [5, 5.41) is 9.09. The van der Waals surface area contributed by atoms with Crippen molar-refractivity contribution in [2.45, 2.75) is 6.92 Å². The van der Waals surface area contributed by atoms with Crippen LogP contribution in [0.25, 0.3) is 10.9 Å². The summed E-state index contributed by atoms with van der Waals surface area (Å²) < 4.78 is 4.83. The van der Waals surface area contributed by atoms with Gasteiger partial charge in [0.1, 0.15) is 0 Å². The molecule has 0 unspecified atom stereocenters. The quantitative estimate of drug-likeness (QED) is 0.752. The third kappa shape index (κ3) is 2.12. The topological polar surface area (TPSA) is 52.1 Å². The van der Waals surface area contributed by atoms with Crippen LogP contribution in [0.4, 0.5) is 0 Å². The zero-order chi connectivity index (χ0) is 11.5. The van der Waals surface area contributed by atoms with Crippen LogP contribution in [-0.4, -0.2) is 22.8 Å². The zero-order valence-electron chi connectivity index (χ0n) is 8.61. The standard InChI is InChI=1S/C11H9ClN2O2/c1-2-16-11(15)10-5-7-3-4-8(12)6-9(7)13-14-10/h3-6H,2H2,1H3. The van der Waals surface area contributed by atoms with E-state index in [4.69, 9.17) is 16.3 Å². The molecular formula is C11H9ClN2O2. The predicted octanol–water partition coefficient (Wildman–Crippen LogP) is 2.46. The average Bonchev–Trinajstić information content (AvgIpc) is 2.28. The van der Waals surface area contributed by atoms with Crippen molar-refractivity contribution in [3.63, 3.8) is 0 Å². The number of rotatable bonds is 2. The van der Waals surface area contributed by atoms with E-state index < -0.39 is 5.97 Å². The van der Waals surface area contributed by atoms with Gasteiger partial charge in [0, 0.05) is 10.4 Å². The van der Waals surface area contributed by atoms with Gasteiger partial charge in [-0.1, -0.05) is 17.7 Å². The van der Waals surface area contributed by atoms with Crippen LogP contribution in [0.1, 0.15) is 17.4 Å². The fourth-order valence-corrected chi connectivity index (χ4v) is 1.48. The molecule has 0 atom stereocenters. The number of carbonyl (C=O) groups excluding carboxylic acids is 1. The number of esters is 1. The van der Waals surface area contributed by atoms with Crippen LogP contribution in [0.5, 0.6) is 0 Å². The summed E-state index contributed by atoms with van der Waals surface area (Å²) in [5.74, 6) is -0.466. The molecule has 0 aliphatic rings. The van der Waals surface area contributed by atoms with Gasteiger partial charge in [-0.3, -0.25) is 0 Å². The molecule has 0 amide bonds. The van der Waals surface area contributed by atoms with Crippen LogP contribution in [-0.2, 0) is 4.74 Å². The first-order valence-corrected chi connectivity index (χ1v) is 5.18. The van der Waals surface area contributed by atoms with E-state index in [2.05, 4.69) is 10.2 Å². The van der Waals surface area contributed by atoms with Gasteiger partial charge in [-0.05, 0) is 25.1 Å². The van der Waals surface area contributed by atoms with E-state index in [1.807, 2.05) is 0 Å². The largest absolute Gasteiger partial charge is 0.461 e. The van der Waals surface area contributed by atoms with Gasteiger partial charge in [0.05, 0.1) is 12.1 Å². The molecule has 0 bridgehead atoms. The van der Waals surface area contributed by atoms with Crippen molar-refractivity contribution in [2.75, 3.05) is 6.61 Å². The Kier molecular flexibility index (Phi) is 3.01. The van der Waals surface area contributed by atoms with Gasteiger partial charge < -0.3 is 4.74 Å². The zero-order valence-corrected chi connectivity index (χ0v) is 9.36. The normalized spacial score (nSPS) is 10.4. The first-order valence-electron chi connectivity index (χ1n) is 4.81. The first kappa shape index (κ1) is 10.8. The highest BCUT2D eigenvalue weighted by Crippen LogP contribution is 2.17. The van der Waals surface area contributed by atoms with Crippen molar-refractivity contribution >= 4 is 28.5 Å². The summed E-state index contributed by atoms with van der Waals surface area (Å²) in [7, 11) is 0. The Morgan fingerprint density at radius 3 is 2.94 bits per heavy atom. The van der Waals surface area contributed by atoms with E-state index in [1.54, 1.807) is 31.2 Å². The summed E-state index contributed by atoms with van der Waals surface area (Å²) in [4.78, 5) is 11.4. The van der Waals surface area contributed by atoms with Gasteiger partial charge in [-0.25, -0.2) is 4.79 Å². The molecule has 0 radical (unpaired) electrons. The molecule has 82 valence electrons. The number of nitrogens with zero attached hydrogens (tertiary/aromatic N) is 2. The minimum Gasteiger partial charge on any atom is -0.461 e. The average molecular weight is 237 g/mol. The molecule has 1 aromatic carbocycles. The smallest absolute Gasteiger partial charge is 0.358 e. The van der Waals surface area contributed by atoms with Crippen LogP contribution in [0.15, 0.2) is 24.3 Å². The molecular weight excluding hydrogens is 228 g/mol. The van der Waals surface area contributed by atoms with Gasteiger partial charge in [-0.15, -0.1) is 10.2 Å². The lowest BCUT2D eigenvalue weighted by atomic mass is 10.2. The molecule has 0 spiro atoms. The number of carbonyl (C=O) groups is 1. The van der Waals surface area contributed by atoms with Gasteiger partial charge in [0.15, 0.2) is 5.69 Å². The van der Waals surface area contributed by atoms with Crippen molar-refractivity contribution in [1.82, 2.24) is 10.2 Å². The fourth-order valence-electron chi connectivity index (χ4n) is 1.31. The molecule has 16 heavy (non-hydrogen) atoms. The fraction of sp³-hybridized carbons (Fsp3) is 0.182. The van der Waals surface area contributed by atoms with Crippen LogP contribution < -0.4 is 0 Å². The molecule has 5 heteroatoms. The Morgan fingerprint density at radius 2 is 2.19 bits per heavy atom. The second kappa shape index (κ2) is 4.45. The van der Waals surface area contributed by atoms with Crippen LogP contribution in [0.2, 0.25) is 5.02 Å². The van der Waals surface area contributed by atoms with Crippen molar-refractivity contribution in [3.05, 3.63) is 35.0 Å². The molecule has 2 rings (SSSR count). The van der Waals surface area contributed by atoms with E-state index in [0.29, 0.717) is 17.1 Å². The van der Waals surface area contributed by atoms with Gasteiger partial charge in [-0.2, -0.15) is 0 Å². The predicted molar refractivity (Wildman–Crippen MR) is 60.5 cm³/mol. The van der Waals surface area contributed by atoms with Crippen LogP contribution in [0.3, 0.4) is 0 Å². The first-order chi connectivity index (χ1) is 7.70. The Hall–Kier alpha value is -1.68. The monoisotopic (exact) mass is 236 g/mol. The lowest BCUT2D eigenvalue weighted by Crippen LogP contribution is -2.07. The number of benzene rings is 1. The van der Waals surface area contributed by atoms with Crippen molar-refractivity contribution in [1.29, 1.82) is 0 Å². The summed E-state index contributed by atoms with van der Waals surface area (Å²) >= 11 is 5.81. The maximum absolute atomic E-state index is 11.4. The lowest BCUT2D eigenvalue weighted by Gasteiger charge is -2.01. The number of hydrogen-bond acceptors (Lipinski definition) is 4. The number of fused-ring (bicyclic) bond motifs is 1. The summed E-state index contributed by atoms with van der Waals surface area (Å²) in [6, 6.07) is 6.85. The third-order valence-electron chi connectivity index (χ3n) is 2.03. The maximum Gasteiger partial charge on any atom is 0.358 e. The summed E-state index contributed by atoms with van der Waals surface area (Å²) in [5.41, 5.74) is 0.859. The number of ether oxygens (including phenoxy) is 1. The molecule has 0 fully saturated rings. The second-order valence-corrected chi connectivity index (χ2v) is 3.59. The van der Waals surface area contributed by atoms with E-state index >= 15 is 0 Å². The molecule has 1 aromatic heterocycles. The highest BCUT2D eigenvalue weighted by molar-refractivity contribution is 6.31. The molecule has 1 heterocycles. The van der Waals surface area contributed by atoms with Crippen LogP contribution in [0, 0.1) is 0 Å². The number of halogens is 1. The SMILES string of the molecule is CCOC(=O)c1cc2ccc(Cl)cc2nn1. The minimum absolute atomic E-state index is 0.205. The minimum atomic E-state index is -0.466. The molecule has 0 aliphatic heterocycles.